The zero-order valence-corrected chi connectivity index (χ0v) is 16.2. The van der Waals surface area contributed by atoms with Crippen LogP contribution in [0.3, 0.4) is 0 Å². The van der Waals surface area contributed by atoms with Crippen LogP contribution in [0.15, 0.2) is 41.0 Å². The second-order valence-electron chi connectivity index (χ2n) is 7.40. The first kappa shape index (κ1) is 20.0. The molecule has 0 radical (unpaired) electrons. The highest BCUT2D eigenvalue weighted by atomic mass is 19.4. The zero-order valence-electron chi connectivity index (χ0n) is 16.2. The number of alkyl halides is 3. The number of fused-ring (bicyclic) bond motifs is 2. The van der Waals surface area contributed by atoms with Gasteiger partial charge in [-0.1, -0.05) is 0 Å². The highest BCUT2D eigenvalue weighted by Crippen LogP contribution is 2.37. The van der Waals surface area contributed by atoms with Crippen LogP contribution in [0.4, 0.5) is 24.5 Å². The molecule has 5 nitrogen and oxygen atoms in total. The van der Waals surface area contributed by atoms with Crippen LogP contribution in [0, 0.1) is 0 Å². The van der Waals surface area contributed by atoms with Gasteiger partial charge in [0.2, 0.25) is 11.8 Å². The standard InChI is InChI=1S/C22H19F3N2O3/c1-12(28)26-16-5-6-19(18(10-16)22(23,24)25)27-21(29)9-15-11-30-20-8-14-4-2-3-13(14)7-17(15)20/h5-8,10-11H,2-4,9H2,1H3,(H,26,28)(H,27,29). The Morgan fingerprint density at radius 1 is 1.07 bits per heavy atom. The van der Waals surface area contributed by atoms with E-state index in [1.54, 1.807) is 0 Å². The fourth-order valence-corrected chi connectivity index (χ4v) is 3.82. The number of hydrogen-bond donors (Lipinski definition) is 2. The lowest BCUT2D eigenvalue weighted by atomic mass is 10.0. The highest BCUT2D eigenvalue weighted by Gasteiger charge is 2.34. The van der Waals surface area contributed by atoms with E-state index in [-0.39, 0.29) is 17.8 Å². The molecule has 2 aromatic carbocycles. The van der Waals surface area contributed by atoms with Gasteiger partial charge in [0.15, 0.2) is 0 Å². The highest BCUT2D eigenvalue weighted by molar-refractivity contribution is 5.97. The summed E-state index contributed by atoms with van der Waals surface area (Å²) in [5, 5.41) is 5.46. The molecule has 1 aliphatic rings. The summed E-state index contributed by atoms with van der Waals surface area (Å²) >= 11 is 0. The summed E-state index contributed by atoms with van der Waals surface area (Å²) < 4.78 is 45.9. The van der Waals surface area contributed by atoms with Crippen LogP contribution in [0.25, 0.3) is 11.0 Å². The third-order valence-electron chi connectivity index (χ3n) is 5.14. The van der Waals surface area contributed by atoms with Gasteiger partial charge in [-0.15, -0.1) is 0 Å². The summed E-state index contributed by atoms with van der Waals surface area (Å²) in [5.41, 5.74) is 2.37. The molecule has 0 saturated heterocycles. The van der Waals surface area contributed by atoms with Crippen LogP contribution in [0.2, 0.25) is 0 Å². The number of carbonyl (C=O) groups excluding carboxylic acids is 2. The first-order valence-corrected chi connectivity index (χ1v) is 9.51. The molecule has 0 unspecified atom stereocenters. The Labute approximate surface area is 170 Å². The molecule has 0 spiro atoms. The second-order valence-corrected chi connectivity index (χ2v) is 7.40. The van der Waals surface area contributed by atoms with Gasteiger partial charge >= 0.3 is 6.18 Å². The average Bonchev–Trinajstić information content (AvgIpc) is 3.26. The lowest BCUT2D eigenvalue weighted by molar-refractivity contribution is -0.137. The first-order chi connectivity index (χ1) is 14.2. The Hall–Kier alpha value is -3.29. The Balaban J connectivity index is 1.57. The smallest absolute Gasteiger partial charge is 0.418 e. The Morgan fingerprint density at radius 3 is 2.50 bits per heavy atom. The van der Waals surface area contributed by atoms with Gasteiger partial charge in [-0.05, 0) is 60.7 Å². The molecule has 0 bridgehead atoms. The van der Waals surface area contributed by atoms with E-state index in [0.29, 0.717) is 11.1 Å². The predicted molar refractivity (Wildman–Crippen MR) is 106 cm³/mol. The van der Waals surface area contributed by atoms with Crippen molar-refractivity contribution in [3.63, 3.8) is 0 Å². The minimum atomic E-state index is -4.69. The molecular formula is C22H19F3N2O3. The summed E-state index contributed by atoms with van der Waals surface area (Å²) in [6.07, 6.45) is -0.291. The van der Waals surface area contributed by atoms with Gasteiger partial charge in [0.1, 0.15) is 5.58 Å². The Bertz CT molecular complexity index is 1150. The van der Waals surface area contributed by atoms with Crippen molar-refractivity contribution in [1.82, 2.24) is 0 Å². The molecule has 0 fully saturated rings. The Morgan fingerprint density at radius 2 is 1.80 bits per heavy atom. The van der Waals surface area contributed by atoms with Crippen LogP contribution in [-0.4, -0.2) is 11.8 Å². The van der Waals surface area contributed by atoms with E-state index >= 15 is 0 Å². The zero-order chi connectivity index (χ0) is 21.5. The predicted octanol–water partition coefficient (Wildman–Crippen LogP) is 5.08. The second kappa shape index (κ2) is 7.51. The molecule has 3 aromatic rings. The lowest BCUT2D eigenvalue weighted by Gasteiger charge is -2.15. The topological polar surface area (TPSA) is 71.3 Å². The van der Waals surface area contributed by atoms with E-state index in [9.17, 15) is 22.8 Å². The van der Waals surface area contributed by atoms with E-state index in [0.717, 1.165) is 36.8 Å². The number of benzene rings is 2. The van der Waals surface area contributed by atoms with E-state index in [2.05, 4.69) is 10.6 Å². The molecule has 156 valence electrons. The largest absolute Gasteiger partial charge is 0.464 e. The SMILES string of the molecule is CC(=O)Nc1ccc(NC(=O)Cc2coc3cc4c(cc23)CCC4)c(C(F)(F)F)c1. The fraction of sp³-hybridized carbons (Fsp3) is 0.273. The first-order valence-electron chi connectivity index (χ1n) is 9.51. The number of amides is 2. The van der Waals surface area contributed by atoms with Gasteiger partial charge in [-0.3, -0.25) is 9.59 Å². The minimum Gasteiger partial charge on any atom is -0.464 e. The molecule has 8 heteroatoms. The molecule has 2 amide bonds. The van der Waals surface area contributed by atoms with Crippen molar-refractivity contribution in [2.45, 2.75) is 38.8 Å². The van der Waals surface area contributed by atoms with Gasteiger partial charge in [-0.2, -0.15) is 13.2 Å². The number of nitrogens with one attached hydrogen (secondary N) is 2. The van der Waals surface area contributed by atoms with E-state index < -0.39 is 23.6 Å². The molecule has 1 heterocycles. The number of furan rings is 1. The number of carbonyl (C=O) groups is 2. The summed E-state index contributed by atoms with van der Waals surface area (Å²) in [6.45, 7) is 1.20. The van der Waals surface area contributed by atoms with Crippen molar-refractivity contribution in [1.29, 1.82) is 0 Å². The van der Waals surface area contributed by atoms with Crippen molar-refractivity contribution in [3.8, 4) is 0 Å². The maximum Gasteiger partial charge on any atom is 0.418 e. The van der Waals surface area contributed by atoms with Gasteiger partial charge in [0, 0.05) is 23.6 Å². The van der Waals surface area contributed by atoms with Crippen LogP contribution >= 0.6 is 0 Å². The summed E-state index contributed by atoms with van der Waals surface area (Å²) in [6, 6.07) is 7.22. The van der Waals surface area contributed by atoms with Gasteiger partial charge in [0.25, 0.3) is 0 Å². The maximum absolute atomic E-state index is 13.4. The van der Waals surface area contributed by atoms with Crippen molar-refractivity contribution >= 4 is 34.2 Å². The number of halogens is 3. The summed E-state index contributed by atoms with van der Waals surface area (Å²) in [7, 11) is 0. The van der Waals surface area contributed by atoms with Gasteiger partial charge < -0.3 is 15.1 Å². The lowest BCUT2D eigenvalue weighted by Crippen LogP contribution is -2.18. The van der Waals surface area contributed by atoms with Crippen LogP contribution in [0.5, 0.6) is 0 Å². The fourth-order valence-electron chi connectivity index (χ4n) is 3.82. The van der Waals surface area contributed by atoms with Crippen LogP contribution in [-0.2, 0) is 35.0 Å². The molecule has 1 aromatic heterocycles. The number of aryl methyl sites for hydroxylation is 2. The molecule has 1 aliphatic carbocycles. The third-order valence-corrected chi connectivity index (χ3v) is 5.14. The molecule has 0 saturated carbocycles. The summed E-state index contributed by atoms with van der Waals surface area (Å²) in [4.78, 5) is 23.6. The Kier molecular flexibility index (Phi) is 5.01. The van der Waals surface area contributed by atoms with Crippen LogP contribution in [0.1, 0.15) is 35.6 Å². The summed E-state index contributed by atoms with van der Waals surface area (Å²) in [5.74, 6) is -1.07. The van der Waals surface area contributed by atoms with E-state index in [1.165, 1.54) is 30.4 Å². The molecule has 30 heavy (non-hydrogen) atoms. The van der Waals surface area contributed by atoms with Crippen molar-refractivity contribution in [2.24, 2.45) is 0 Å². The van der Waals surface area contributed by atoms with E-state index in [4.69, 9.17) is 4.42 Å². The van der Waals surface area contributed by atoms with Crippen molar-refractivity contribution < 1.29 is 27.2 Å². The quantitative estimate of drug-likeness (QED) is 0.623. The minimum absolute atomic E-state index is 0.00232. The third kappa shape index (κ3) is 4.03. The number of rotatable bonds is 4. The average molecular weight is 416 g/mol. The van der Waals surface area contributed by atoms with Crippen LogP contribution < -0.4 is 10.6 Å². The van der Waals surface area contributed by atoms with Gasteiger partial charge in [-0.25, -0.2) is 0 Å². The normalized spacial score (nSPS) is 13.3. The van der Waals surface area contributed by atoms with Crippen molar-refractivity contribution in [3.05, 3.63) is 58.8 Å². The maximum atomic E-state index is 13.4. The van der Waals surface area contributed by atoms with Gasteiger partial charge in [0.05, 0.1) is 23.9 Å². The van der Waals surface area contributed by atoms with Crippen molar-refractivity contribution in [2.75, 3.05) is 10.6 Å². The van der Waals surface area contributed by atoms with E-state index in [1.807, 2.05) is 12.1 Å². The molecule has 2 N–H and O–H groups in total. The monoisotopic (exact) mass is 416 g/mol. The molecule has 0 atom stereocenters. The molecule has 4 rings (SSSR count). The molecule has 0 aliphatic heterocycles. The number of anilines is 2. The molecular weight excluding hydrogens is 397 g/mol. The number of hydrogen-bond acceptors (Lipinski definition) is 3.